The fourth-order valence-corrected chi connectivity index (χ4v) is 1.25. The van der Waals surface area contributed by atoms with E-state index in [1.54, 1.807) is 6.92 Å². The average molecular weight is 261 g/mol. The Balaban J connectivity index is 3.13. The highest BCUT2D eigenvalue weighted by Crippen LogP contribution is 2.00. The van der Waals surface area contributed by atoms with Crippen LogP contribution >= 0.6 is 15.9 Å². The molecule has 1 heterocycles. The topological polar surface area (TPSA) is 61.2 Å². The third-order valence-corrected chi connectivity index (χ3v) is 2.27. The Kier molecular flexibility index (Phi) is 3.40. The third kappa shape index (κ3) is 2.20. The van der Waals surface area contributed by atoms with E-state index in [9.17, 15) is 9.59 Å². The first-order valence-electron chi connectivity index (χ1n) is 3.85. The molecule has 0 atom stereocenters. The van der Waals surface area contributed by atoms with Gasteiger partial charge in [0.1, 0.15) is 6.54 Å². The van der Waals surface area contributed by atoms with Crippen molar-refractivity contribution in [3.63, 3.8) is 0 Å². The Hall–Kier alpha value is -1.17. The maximum Gasteiger partial charge on any atom is 0.325 e. The predicted molar refractivity (Wildman–Crippen MR) is 53.0 cm³/mol. The lowest BCUT2D eigenvalue weighted by atomic mass is 10.4. The molecule has 5 nitrogen and oxygen atoms in total. The summed E-state index contributed by atoms with van der Waals surface area (Å²) < 4.78 is 5.95. The lowest BCUT2D eigenvalue weighted by molar-refractivity contribution is -0.141. The van der Waals surface area contributed by atoms with Gasteiger partial charge in [-0.05, 0) is 22.9 Å². The van der Waals surface area contributed by atoms with Crippen LogP contribution < -0.4 is 5.56 Å². The monoisotopic (exact) mass is 260 g/mol. The second-order valence-electron chi connectivity index (χ2n) is 2.66. The summed E-state index contributed by atoms with van der Waals surface area (Å²) in [5.74, 6) is -0.465. The molecular formula is C8H9BrN2O3. The van der Waals surface area contributed by atoms with Gasteiger partial charge in [0.2, 0.25) is 0 Å². The molecule has 0 saturated carbocycles. The van der Waals surface area contributed by atoms with E-state index >= 15 is 0 Å². The normalized spacial score (nSPS) is 9.93. The van der Waals surface area contributed by atoms with Gasteiger partial charge >= 0.3 is 5.97 Å². The van der Waals surface area contributed by atoms with Crippen molar-refractivity contribution in [2.24, 2.45) is 0 Å². The molecule has 0 radical (unpaired) electrons. The van der Waals surface area contributed by atoms with Gasteiger partial charge in [-0.3, -0.25) is 14.2 Å². The van der Waals surface area contributed by atoms with E-state index in [2.05, 4.69) is 25.7 Å². The maximum atomic E-state index is 11.5. The quantitative estimate of drug-likeness (QED) is 0.727. The molecule has 1 aromatic rings. The summed E-state index contributed by atoms with van der Waals surface area (Å²) in [7, 11) is 1.28. The van der Waals surface area contributed by atoms with Crippen LogP contribution in [0.3, 0.4) is 0 Å². The highest BCUT2D eigenvalue weighted by atomic mass is 79.9. The zero-order valence-electron chi connectivity index (χ0n) is 7.78. The zero-order valence-corrected chi connectivity index (χ0v) is 9.37. The zero-order chi connectivity index (χ0) is 10.7. The number of aryl methyl sites for hydroxylation is 1. The number of esters is 1. The van der Waals surface area contributed by atoms with Crippen LogP contribution in [0, 0.1) is 6.92 Å². The summed E-state index contributed by atoms with van der Waals surface area (Å²) in [6.45, 7) is 1.60. The molecule has 76 valence electrons. The van der Waals surface area contributed by atoms with Gasteiger partial charge in [0.05, 0.1) is 7.11 Å². The standard InChI is InChI=1S/C8H9BrN2O3/c1-5-3-10-7(9)8(13)11(5)4-6(12)14-2/h3H,4H2,1-2H3. The van der Waals surface area contributed by atoms with Crippen LogP contribution in [0.25, 0.3) is 0 Å². The van der Waals surface area contributed by atoms with Crippen LogP contribution in [0.15, 0.2) is 15.6 Å². The highest BCUT2D eigenvalue weighted by molar-refractivity contribution is 9.10. The van der Waals surface area contributed by atoms with Gasteiger partial charge in [-0.25, -0.2) is 4.98 Å². The Morgan fingerprint density at radius 2 is 2.36 bits per heavy atom. The molecule has 0 bridgehead atoms. The number of carbonyl (C=O) groups excluding carboxylic acids is 1. The summed E-state index contributed by atoms with van der Waals surface area (Å²) in [6, 6.07) is 0. The molecular weight excluding hydrogens is 252 g/mol. The highest BCUT2D eigenvalue weighted by Gasteiger charge is 2.09. The van der Waals surface area contributed by atoms with E-state index in [-0.39, 0.29) is 16.7 Å². The average Bonchev–Trinajstić information content (AvgIpc) is 2.18. The first-order valence-corrected chi connectivity index (χ1v) is 4.64. The largest absolute Gasteiger partial charge is 0.468 e. The fraction of sp³-hybridized carbons (Fsp3) is 0.375. The molecule has 0 saturated heterocycles. The minimum atomic E-state index is -0.465. The lowest BCUT2D eigenvalue weighted by Gasteiger charge is -2.07. The number of aromatic nitrogens is 2. The third-order valence-electron chi connectivity index (χ3n) is 1.73. The molecule has 14 heavy (non-hydrogen) atoms. The SMILES string of the molecule is COC(=O)Cn1c(C)cnc(Br)c1=O. The van der Waals surface area contributed by atoms with Crippen LogP contribution in [-0.4, -0.2) is 22.6 Å². The number of rotatable bonds is 2. The summed E-state index contributed by atoms with van der Waals surface area (Å²) in [4.78, 5) is 26.3. The van der Waals surface area contributed by atoms with Crippen molar-refractivity contribution in [3.8, 4) is 0 Å². The van der Waals surface area contributed by atoms with Crippen molar-refractivity contribution in [2.75, 3.05) is 7.11 Å². The first kappa shape index (κ1) is 10.9. The molecule has 0 aliphatic rings. The Morgan fingerprint density at radius 1 is 1.71 bits per heavy atom. The van der Waals surface area contributed by atoms with Crippen molar-refractivity contribution < 1.29 is 9.53 Å². The van der Waals surface area contributed by atoms with Gasteiger partial charge in [-0.2, -0.15) is 0 Å². The van der Waals surface area contributed by atoms with Gasteiger partial charge < -0.3 is 4.74 Å². The van der Waals surface area contributed by atoms with Gasteiger partial charge in [-0.1, -0.05) is 0 Å². The molecule has 0 spiro atoms. The number of hydrogen-bond acceptors (Lipinski definition) is 4. The molecule has 0 aromatic carbocycles. The van der Waals surface area contributed by atoms with E-state index in [1.165, 1.54) is 17.9 Å². The van der Waals surface area contributed by atoms with Crippen molar-refractivity contribution in [1.82, 2.24) is 9.55 Å². The summed E-state index contributed by atoms with van der Waals surface area (Å²) >= 11 is 3.00. The van der Waals surface area contributed by atoms with Gasteiger partial charge in [0.15, 0.2) is 4.60 Å². The predicted octanol–water partition coefficient (Wildman–Crippen LogP) is 0.487. The van der Waals surface area contributed by atoms with Crippen molar-refractivity contribution >= 4 is 21.9 Å². The first-order chi connectivity index (χ1) is 6.56. The van der Waals surface area contributed by atoms with Crippen LogP contribution in [0.1, 0.15) is 5.69 Å². The number of ether oxygens (including phenoxy) is 1. The second-order valence-corrected chi connectivity index (χ2v) is 3.41. The Labute approximate surface area is 88.8 Å². The van der Waals surface area contributed by atoms with Gasteiger partial charge in [0, 0.05) is 11.9 Å². The van der Waals surface area contributed by atoms with Crippen LogP contribution in [0.4, 0.5) is 0 Å². The van der Waals surface area contributed by atoms with Crippen molar-refractivity contribution in [3.05, 3.63) is 26.8 Å². The number of nitrogens with zero attached hydrogens (tertiary/aromatic N) is 2. The van der Waals surface area contributed by atoms with Crippen LogP contribution in [0.2, 0.25) is 0 Å². The summed E-state index contributed by atoms with van der Waals surface area (Å²) in [5.41, 5.74) is 0.277. The van der Waals surface area contributed by atoms with Gasteiger partial charge in [0.25, 0.3) is 5.56 Å². The minimum absolute atomic E-state index is 0.0950. The van der Waals surface area contributed by atoms with Crippen LogP contribution in [-0.2, 0) is 16.1 Å². The van der Waals surface area contributed by atoms with Crippen LogP contribution in [0.5, 0.6) is 0 Å². The number of carbonyl (C=O) groups is 1. The molecule has 0 aliphatic carbocycles. The Bertz CT molecular complexity index is 414. The number of halogens is 1. The van der Waals surface area contributed by atoms with Crippen molar-refractivity contribution in [2.45, 2.75) is 13.5 Å². The van der Waals surface area contributed by atoms with Crippen molar-refractivity contribution in [1.29, 1.82) is 0 Å². The molecule has 6 heteroatoms. The van der Waals surface area contributed by atoms with Gasteiger partial charge in [-0.15, -0.1) is 0 Å². The molecule has 1 aromatic heterocycles. The minimum Gasteiger partial charge on any atom is -0.468 e. The maximum absolute atomic E-state index is 11.5. The van der Waals surface area contributed by atoms with E-state index in [1.807, 2.05) is 0 Å². The van der Waals surface area contributed by atoms with E-state index in [4.69, 9.17) is 0 Å². The van der Waals surface area contributed by atoms with E-state index in [0.717, 1.165) is 0 Å². The molecule has 0 amide bonds. The van der Waals surface area contributed by atoms with E-state index < -0.39 is 5.97 Å². The molecule has 1 rings (SSSR count). The molecule has 0 fully saturated rings. The molecule has 0 aliphatic heterocycles. The molecule has 0 N–H and O–H groups in total. The molecule has 0 unspecified atom stereocenters. The smallest absolute Gasteiger partial charge is 0.325 e. The number of methoxy groups -OCH3 is 1. The number of hydrogen-bond donors (Lipinski definition) is 0. The van der Waals surface area contributed by atoms with E-state index in [0.29, 0.717) is 5.69 Å². The second kappa shape index (κ2) is 4.36. The summed E-state index contributed by atoms with van der Waals surface area (Å²) in [5, 5.41) is 0. The lowest BCUT2D eigenvalue weighted by Crippen LogP contribution is -2.27. The Morgan fingerprint density at radius 3 is 2.93 bits per heavy atom. The fourth-order valence-electron chi connectivity index (χ4n) is 0.937. The summed E-state index contributed by atoms with van der Waals surface area (Å²) in [6.07, 6.45) is 1.51.